The van der Waals surface area contributed by atoms with E-state index in [1.165, 1.54) is 0 Å². The highest BCUT2D eigenvalue weighted by atomic mass is 16.4. The standard InChI is InChI=1S/C12H18N2O2/c1-4-14(8(2)3)9-5-6-11(13)10(7-9)12(15)16/h5-8H,4,13H2,1-3H3,(H,15,16). The lowest BCUT2D eigenvalue weighted by molar-refractivity contribution is 0.0698. The number of rotatable bonds is 4. The molecule has 0 aliphatic rings. The third-order valence-corrected chi connectivity index (χ3v) is 2.56. The minimum absolute atomic E-state index is 0.164. The minimum Gasteiger partial charge on any atom is -0.478 e. The Kier molecular flexibility index (Phi) is 3.77. The highest BCUT2D eigenvalue weighted by Crippen LogP contribution is 2.22. The van der Waals surface area contributed by atoms with Gasteiger partial charge in [0.1, 0.15) is 0 Å². The smallest absolute Gasteiger partial charge is 0.337 e. The van der Waals surface area contributed by atoms with E-state index in [0.717, 1.165) is 12.2 Å². The zero-order valence-corrected chi connectivity index (χ0v) is 9.90. The van der Waals surface area contributed by atoms with Crippen molar-refractivity contribution in [2.75, 3.05) is 17.2 Å². The van der Waals surface area contributed by atoms with Crippen molar-refractivity contribution >= 4 is 17.3 Å². The van der Waals surface area contributed by atoms with Gasteiger partial charge in [-0.2, -0.15) is 0 Å². The van der Waals surface area contributed by atoms with Crippen LogP contribution in [0.15, 0.2) is 18.2 Å². The van der Waals surface area contributed by atoms with E-state index in [4.69, 9.17) is 10.8 Å². The van der Waals surface area contributed by atoms with Crippen LogP contribution in [0.2, 0.25) is 0 Å². The van der Waals surface area contributed by atoms with E-state index in [0.29, 0.717) is 11.7 Å². The second kappa shape index (κ2) is 4.88. The van der Waals surface area contributed by atoms with Crippen LogP contribution in [0.3, 0.4) is 0 Å². The number of carboxylic acids is 1. The molecule has 0 saturated heterocycles. The second-order valence-corrected chi connectivity index (χ2v) is 3.96. The molecule has 0 unspecified atom stereocenters. The van der Waals surface area contributed by atoms with Crippen molar-refractivity contribution in [3.8, 4) is 0 Å². The van der Waals surface area contributed by atoms with Gasteiger partial charge in [0, 0.05) is 24.0 Å². The number of carbonyl (C=O) groups is 1. The molecular weight excluding hydrogens is 204 g/mol. The SMILES string of the molecule is CCN(c1ccc(N)c(C(=O)O)c1)C(C)C. The van der Waals surface area contributed by atoms with E-state index in [2.05, 4.69) is 18.7 Å². The summed E-state index contributed by atoms with van der Waals surface area (Å²) < 4.78 is 0. The van der Waals surface area contributed by atoms with Crippen LogP contribution in [0.25, 0.3) is 0 Å². The van der Waals surface area contributed by atoms with Crippen LogP contribution in [0.4, 0.5) is 11.4 Å². The fraction of sp³-hybridized carbons (Fsp3) is 0.417. The van der Waals surface area contributed by atoms with E-state index in [9.17, 15) is 4.79 Å². The lowest BCUT2D eigenvalue weighted by Gasteiger charge is -2.27. The predicted octanol–water partition coefficient (Wildman–Crippen LogP) is 2.20. The molecule has 88 valence electrons. The van der Waals surface area contributed by atoms with Crippen LogP contribution >= 0.6 is 0 Å². The number of nitrogens with two attached hydrogens (primary N) is 1. The number of hydrogen-bond donors (Lipinski definition) is 2. The maximum Gasteiger partial charge on any atom is 0.337 e. The molecule has 0 bridgehead atoms. The molecule has 0 atom stereocenters. The normalized spacial score (nSPS) is 10.5. The average Bonchev–Trinajstić information content (AvgIpc) is 2.20. The van der Waals surface area contributed by atoms with Crippen LogP contribution in [0.1, 0.15) is 31.1 Å². The van der Waals surface area contributed by atoms with E-state index < -0.39 is 5.97 Å². The Morgan fingerprint density at radius 3 is 2.56 bits per heavy atom. The third-order valence-electron chi connectivity index (χ3n) is 2.56. The summed E-state index contributed by atoms with van der Waals surface area (Å²) in [7, 11) is 0. The van der Waals surface area contributed by atoms with Gasteiger partial charge in [-0.3, -0.25) is 0 Å². The van der Waals surface area contributed by atoms with Gasteiger partial charge in [0.15, 0.2) is 0 Å². The molecule has 0 aromatic heterocycles. The Morgan fingerprint density at radius 2 is 2.12 bits per heavy atom. The zero-order chi connectivity index (χ0) is 12.3. The molecule has 1 aromatic carbocycles. The number of anilines is 2. The first-order valence-electron chi connectivity index (χ1n) is 5.36. The maximum atomic E-state index is 11.0. The Bertz CT molecular complexity index is 389. The fourth-order valence-electron chi connectivity index (χ4n) is 1.75. The summed E-state index contributed by atoms with van der Waals surface area (Å²) in [4.78, 5) is 13.1. The van der Waals surface area contributed by atoms with Gasteiger partial charge in [-0.15, -0.1) is 0 Å². The van der Waals surface area contributed by atoms with E-state index in [-0.39, 0.29) is 5.56 Å². The molecule has 0 amide bonds. The first-order chi connectivity index (χ1) is 7.47. The van der Waals surface area contributed by atoms with E-state index in [1.807, 2.05) is 13.0 Å². The highest BCUT2D eigenvalue weighted by Gasteiger charge is 2.13. The number of nitrogen functional groups attached to an aromatic ring is 1. The summed E-state index contributed by atoms with van der Waals surface area (Å²) in [5.41, 5.74) is 6.97. The van der Waals surface area contributed by atoms with Gasteiger partial charge < -0.3 is 15.7 Å². The number of nitrogens with zero attached hydrogens (tertiary/aromatic N) is 1. The molecular formula is C12H18N2O2. The molecule has 0 heterocycles. The van der Waals surface area contributed by atoms with Crippen molar-refractivity contribution in [1.82, 2.24) is 0 Å². The van der Waals surface area contributed by atoms with Crippen molar-refractivity contribution in [3.63, 3.8) is 0 Å². The molecule has 1 aromatic rings. The van der Waals surface area contributed by atoms with Crippen LogP contribution in [0, 0.1) is 0 Å². The van der Waals surface area contributed by atoms with Gasteiger partial charge in [0.25, 0.3) is 0 Å². The first-order valence-corrected chi connectivity index (χ1v) is 5.36. The van der Waals surface area contributed by atoms with Crippen LogP contribution < -0.4 is 10.6 Å². The van der Waals surface area contributed by atoms with Crippen LogP contribution in [0.5, 0.6) is 0 Å². The molecule has 0 saturated carbocycles. The maximum absolute atomic E-state index is 11.0. The molecule has 0 spiro atoms. The van der Waals surface area contributed by atoms with Gasteiger partial charge >= 0.3 is 5.97 Å². The summed E-state index contributed by atoms with van der Waals surface area (Å²) in [6.45, 7) is 7.01. The molecule has 0 radical (unpaired) electrons. The predicted molar refractivity (Wildman–Crippen MR) is 66.0 cm³/mol. The summed E-state index contributed by atoms with van der Waals surface area (Å²) in [5.74, 6) is -0.987. The monoisotopic (exact) mass is 222 g/mol. The first kappa shape index (κ1) is 12.4. The highest BCUT2D eigenvalue weighted by molar-refractivity contribution is 5.94. The molecule has 4 heteroatoms. The lowest BCUT2D eigenvalue weighted by Crippen LogP contribution is -2.30. The van der Waals surface area contributed by atoms with Crippen molar-refractivity contribution in [2.24, 2.45) is 0 Å². The lowest BCUT2D eigenvalue weighted by atomic mass is 10.1. The summed E-state index contributed by atoms with van der Waals surface area (Å²) in [6.07, 6.45) is 0. The van der Waals surface area contributed by atoms with Gasteiger partial charge in [0.2, 0.25) is 0 Å². The third kappa shape index (κ3) is 2.45. The Morgan fingerprint density at radius 1 is 1.50 bits per heavy atom. The largest absolute Gasteiger partial charge is 0.478 e. The molecule has 0 aliphatic carbocycles. The molecule has 0 fully saturated rings. The fourth-order valence-corrected chi connectivity index (χ4v) is 1.75. The topological polar surface area (TPSA) is 66.6 Å². The Hall–Kier alpha value is -1.71. The van der Waals surface area contributed by atoms with E-state index in [1.54, 1.807) is 12.1 Å². The zero-order valence-electron chi connectivity index (χ0n) is 9.90. The molecule has 0 aliphatic heterocycles. The molecule has 4 nitrogen and oxygen atoms in total. The number of aromatic carboxylic acids is 1. The number of hydrogen-bond acceptors (Lipinski definition) is 3. The van der Waals surface area contributed by atoms with Crippen molar-refractivity contribution in [3.05, 3.63) is 23.8 Å². The summed E-state index contributed by atoms with van der Waals surface area (Å²) in [6, 6.07) is 5.45. The summed E-state index contributed by atoms with van der Waals surface area (Å²) in [5, 5.41) is 8.98. The van der Waals surface area contributed by atoms with Gasteiger partial charge in [-0.05, 0) is 39.0 Å². The van der Waals surface area contributed by atoms with Gasteiger partial charge in [-0.1, -0.05) is 0 Å². The number of benzene rings is 1. The molecule has 1 rings (SSSR count). The number of carboxylic acid groups (broad SMARTS) is 1. The minimum atomic E-state index is -0.987. The van der Waals surface area contributed by atoms with E-state index >= 15 is 0 Å². The summed E-state index contributed by atoms with van der Waals surface area (Å²) >= 11 is 0. The Labute approximate surface area is 95.7 Å². The van der Waals surface area contributed by atoms with Gasteiger partial charge in [-0.25, -0.2) is 4.79 Å². The van der Waals surface area contributed by atoms with Crippen LogP contribution in [-0.2, 0) is 0 Å². The van der Waals surface area contributed by atoms with Crippen molar-refractivity contribution in [1.29, 1.82) is 0 Å². The molecule has 16 heavy (non-hydrogen) atoms. The second-order valence-electron chi connectivity index (χ2n) is 3.96. The molecule has 3 N–H and O–H groups in total. The van der Waals surface area contributed by atoms with Crippen LogP contribution in [-0.4, -0.2) is 23.7 Å². The van der Waals surface area contributed by atoms with Crippen molar-refractivity contribution < 1.29 is 9.90 Å². The van der Waals surface area contributed by atoms with Crippen molar-refractivity contribution in [2.45, 2.75) is 26.8 Å². The average molecular weight is 222 g/mol. The quantitative estimate of drug-likeness (QED) is 0.766. The van der Waals surface area contributed by atoms with Gasteiger partial charge in [0.05, 0.1) is 5.56 Å². The Balaban J connectivity index is 3.15.